The van der Waals surface area contributed by atoms with Crippen LogP contribution < -0.4 is 0 Å². The van der Waals surface area contributed by atoms with Crippen LogP contribution >= 0.6 is 24.8 Å². The zero-order chi connectivity index (χ0) is 20.8. The van der Waals surface area contributed by atoms with Gasteiger partial charge in [-0.05, 0) is 67.0 Å². The van der Waals surface area contributed by atoms with Gasteiger partial charge in [-0.1, -0.05) is 32.0 Å². The predicted molar refractivity (Wildman–Crippen MR) is 123 cm³/mol. The first-order valence-corrected chi connectivity index (χ1v) is 10.4. The molecule has 7 heteroatoms. The van der Waals surface area contributed by atoms with Crippen molar-refractivity contribution in [1.29, 1.82) is 0 Å². The standard InChI is InChI=1S/C24H29F2NO2.2ClH/c1-15(29-14-18-20(25)7-5-8-21(18)26)13-27-11-10-24(3)16(2)22(27)12-17-19(24)6-4-9-23(17)28;;/h4-9,15-16,22,28H,10-14H2,1-3H3;2*1H. The monoisotopic (exact) mass is 473 g/mol. The summed E-state index contributed by atoms with van der Waals surface area (Å²) >= 11 is 0. The number of phenolic OH excluding ortho intramolecular Hbond substituents is 1. The average Bonchev–Trinajstić information content (AvgIpc) is 2.67. The van der Waals surface area contributed by atoms with Crippen LogP contribution in [0.3, 0.4) is 0 Å². The van der Waals surface area contributed by atoms with Crippen LogP contribution in [-0.4, -0.2) is 35.2 Å². The second kappa shape index (κ2) is 10.0. The number of likely N-dealkylation sites (tertiary alicyclic amines) is 1. The number of hydrogen-bond acceptors (Lipinski definition) is 3. The summed E-state index contributed by atoms with van der Waals surface area (Å²) in [5, 5.41) is 10.4. The highest BCUT2D eigenvalue weighted by molar-refractivity contribution is 5.85. The zero-order valence-electron chi connectivity index (χ0n) is 18.1. The molecule has 0 amide bonds. The number of phenols is 1. The smallest absolute Gasteiger partial charge is 0.131 e. The number of rotatable bonds is 5. The normalized spacial score (nSPS) is 25.7. The van der Waals surface area contributed by atoms with Crippen LogP contribution in [0.25, 0.3) is 0 Å². The van der Waals surface area contributed by atoms with Gasteiger partial charge in [0, 0.05) is 18.2 Å². The van der Waals surface area contributed by atoms with Crippen molar-refractivity contribution in [3.05, 3.63) is 64.7 Å². The highest BCUT2D eigenvalue weighted by Crippen LogP contribution is 2.50. The Bertz CT molecular complexity index is 893. The van der Waals surface area contributed by atoms with E-state index < -0.39 is 11.6 Å². The van der Waals surface area contributed by atoms with Crippen molar-refractivity contribution in [1.82, 2.24) is 4.90 Å². The molecular formula is C24H31Cl2F2NO2. The summed E-state index contributed by atoms with van der Waals surface area (Å²) in [6.45, 7) is 8.12. The number of benzene rings is 2. The Morgan fingerprint density at radius 3 is 2.48 bits per heavy atom. The largest absolute Gasteiger partial charge is 0.508 e. The van der Waals surface area contributed by atoms with E-state index in [1.165, 1.54) is 23.8 Å². The van der Waals surface area contributed by atoms with E-state index in [-0.39, 0.29) is 48.5 Å². The molecule has 0 radical (unpaired) electrons. The van der Waals surface area contributed by atoms with Crippen LogP contribution in [0, 0.1) is 17.6 Å². The lowest BCUT2D eigenvalue weighted by Crippen LogP contribution is -2.59. The molecule has 2 aliphatic rings. The van der Waals surface area contributed by atoms with E-state index in [0.29, 0.717) is 24.3 Å². The Morgan fingerprint density at radius 1 is 1.16 bits per heavy atom. The van der Waals surface area contributed by atoms with Crippen LogP contribution in [0.5, 0.6) is 5.75 Å². The average molecular weight is 474 g/mol. The fraction of sp³-hybridized carbons (Fsp3) is 0.500. The number of nitrogens with zero attached hydrogens (tertiary/aromatic N) is 1. The molecule has 0 spiro atoms. The fourth-order valence-electron chi connectivity index (χ4n) is 5.23. The molecule has 1 aliphatic heterocycles. The molecule has 4 atom stereocenters. The molecule has 0 aromatic heterocycles. The highest BCUT2D eigenvalue weighted by Gasteiger charge is 2.49. The number of halogens is 4. The van der Waals surface area contributed by atoms with Crippen LogP contribution in [0.1, 0.15) is 43.9 Å². The van der Waals surface area contributed by atoms with E-state index in [1.807, 2.05) is 13.0 Å². The van der Waals surface area contributed by atoms with E-state index in [9.17, 15) is 13.9 Å². The van der Waals surface area contributed by atoms with E-state index >= 15 is 0 Å². The van der Waals surface area contributed by atoms with Gasteiger partial charge in [0.1, 0.15) is 17.4 Å². The van der Waals surface area contributed by atoms with Crippen LogP contribution in [-0.2, 0) is 23.2 Å². The van der Waals surface area contributed by atoms with Crippen molar-refractivity contribution in [2.45, 2.75) is 57.8 Å². The van der Waals surface area contributed by atoms with Gasteiger partial charge < -0.3 is 9.84 Å². The second-order valence-corrected chi connectivity index (χ2v) is 8.85. The summed E-state index contributed by atoms with van der Waals surface area (Å²) in [4.78, 5) is 2.42. The van der Waals surface area contributed by atoms with Crippen LogP contribution in [0.4, 0.5) is 8.78 Å². The molecule has 2 aromatic carbocycles. The van der Waals surface area contributed by atoms with Gasteiger partial charge in [0.05, 0.1) is 12.7 Å². The van der Waals surface area contributed by atoms with Crippen molar-refractivity contribution in [3.63, 3.8) is 0 Å². The number of piperidine rings is 1. The van der Waals surface area contributed by atoms with E-state index in [1.54, 1.807) is 6.07 Å². The molecule has 4 rings (SSSR count). The Labute approximate surface area is 195 Å². The van der Waals surface area contributed by atoms with Crippen LogP contribution in [0.15, 0.2) is 36.4 Å². The lowest BCUT2D eigenvalue weighted by molar-refractivity contribution is -0.0256. The first-order valence-electron chi connectivity index (χ1n) is 10.4. The maximum Gasteiger partial charge on any atom is 0.131 e. The van der Waals surface area contributed by atoms with Crippen molar-refractivity contribution >= 4 is 24.8 Å². The summed E-state index contributed by atoms with van der Waals surface area (Å²) < 4.78 is 33.5. The first-order chi connectivity index (χ1) is 13.8. The molecular weight excluding hydrogens is 443 g/mol. The van der Waals surface area contributed by atoms with Crippen molar-refractivity contribution in [2.75, 3.05) is 13.1 Å². The summed E-state index contributed by atoms with van der Waals surface area (Å²) in [6.07, 6.45) is 1.67. The minimum absolute atomic E-state index is 0. The third kappa shape index (κ3) is 4.70. The lowest BCUT2D eigenvalue weighted by atomic mass is 9.59. The molecule has 31 heavy (non-hydrogen) atoms. The molecule has 2 bridgehead atoms. The van der Waals surface area contributed by atoms with Gasteiger partial charge in [0.25, 0.3) is 0 Å². The lowest BCUT2D eigenvalue weighted by Gasteiger charge is -2.55. The molecule has 1 heterocycles. The maximum absolute atomic E-state index is 13.8. The van der Waals surface area contributed by atoms with Gasteiger partial charge in [0.2, 0.25) is 0 Å². The van der Waals surface area contributed by atoms with E-state index in [2.05, 4.69) is 24.8 Å². The van der Waals surface area contributed by atoms with Gasteiger partial charge in [-0.2, -0.15) is 0 Å². The Morgan fingerprint density at radius 2 is 1.81 bits per heavy atom. The number of ether oxygens (including phenoxy) is 1. The molecule has 4 unspecified atom stereocenters. The first kappa shape index (κ1) is 25.9. The molecule has 1 fully saturated rings. The molecule has 2 aromatic rings. The minimum Gasteiger partial charge on any atom is -0.508 e. The van der Waals surface area contributed by atoms with Gasteiger partial charge in [-0.15, -0.1) is 24.8 Å². The summed E-state index contributed by atoms with van der Waals surface area (Å²) in [5.41, 5.74) is 2.37. The SMILES string of the molecule is CC(CN1CCC2(C)c3cccc(O)c3CC1C2C)OCc1c(F)cccc1F.Cl.Cl. The van der Waals surface area contributed by atoms with E-state index in [4.69, 9.17) is 4.74 Å². The quantitative estimate of drug-likeness (QED) is 0.609. The number of hydrogen-bond donors (Lipinski definition) is 1. The highest BCUT2D eigenvalue weighted by atomic mass is 35.5. The Hall–Kier alpha value is -1.40. The molecule has 1 saturated heterocycles. The zero-order valence-corrected chi connectivity index (χ0v) is 19.7. The molecule has 1 N–H and O–H groups in total. The number of aromatic hydroxyl groups is 1. The van der Waals surface area contributed by atoms with Gasteiger partial charge in [-0.25, -0.2) is 8.78 Å². The van der Waals surface area contributed by atoms with Gasteiger partial charge >= 0.3 is 0 Å². The maximum atomic E-state index is 13.8. The summed E-state index contributed by atoms with van der Waals surface area (Å²) in [5.74, 6) is -0.314. The van der Waals surface area contributed by atoms with E-state index in [0.717, 1.165) is 24.9 Å². The molecule has 0 saturated carbocycles. The van der Waals surface area contributed by atoms with Crippen LogP contribution in [0.2, 0.25) is 0 Å². The Kier molecular flexibility index (Phi) is 8.37. The number of fused-ring (bicyclic) bond motifs is 4. The summed E-state index contributed by atoms with van der Waals surface area (Å²) in [6, 6.07) is 10.1. The van der Waals surface area contributed by atoms with Crippen molar-refractivity contribution in [3.8, 4) is 5.75 Å². The molecule has 1 aliphatic carbocycles. The minimum atomic E-state index is -0.570. The van der Waals surface area contributed by atoms with Crippen molar-refractivity contribution < 1.29 is 18.6 Å². The third-order valence-electron chi connectivity index (χ3n) is 7.21. The molecule has 3 nitrogen and oxygen atoms in total. The summed E-state index contributed by atoms with van der Waals surface area (Å²) in [7, 11) is 0. The fourth-order valence-corrected chi connectivity index (χ4v) is 5.23. The second-order valence-electron chi connectivity index (χ2n) is 8.85. The van der Waals surface area contributed by atoms with Gasteiger partial charge in [0.15, 0.2) is 0 Å². The predicted octanol–water partition coefficient (Wildman–Crippen LogP) is 5.64. The van der Waals surface area contributed by atoms with Crippen molar-refractivity contribution in [2.24, 2.45) is 5.92 Å². The Balaban J connectivity index is 0.00000171. The topological polar surface area (TPSA) is 32.7 Å². The molecule has 172 valence electrons. The third-order valence-corrected chi connectivity index (χ3v) is 7.21. The van der Waals surface area contributed by atoms with Gasteiger partial charge in [-0.3, -0.25) is 4.90 Å².